The van der Waals surface area contributed by atoms with Gasteiger partial charge >= 0.3 is 5.97 Å². The van der Waals surface area contributed by atoms with E-state index in [4.69, 9.17) is 0 Å². The van der Waals surface area contributed by atoms with Crippen molar-refractivity contribution in [3.05, 3.63) is 48.0 Å². The largest absolute Gasteiger partial charge is 0.481 e. The molecule has 21 heavy (non-hydrogen) atoms. The van der Waals surface area contributed by atoms with E-state index >= 15 is 0 Å². The van der Waals surface area contributed by atoms with E-state index < -0.39 is 5.97 Å². The number of hydrogen-bond donors (Lipinski definition) is 1. The molecule has 0 aliphatic carbocycles. The monoisotopic (exact) mass is 302 g/mol. The first kappa shape index (κ1) is 15.9. The zero-order valence-corrected chi connectivity index (χ0v) is 13.6. The molecule has 2 nitrogen and oxygen atoms in total. The number of hydrogen-bond acceptors (Lipinski definition) is 2. The number of carboxylic acids is 1. The molecule has 0 saturated carbocycles. The van der Waals surface area contributed by atoms with Gasteiger partial charge in [0.25, 0.3) is 0 Å². The number of rotatable bonds is 5. The lowest BCUT2D eigenvalue weighted by Crippen LogP contribution is -2.22. The fraction of sp³-hybridized carbons (Fsp3) is 0.389. The molecule has 3 heteroatoms. The van der Waals surface area contributed by atoms with Gasteiger partial charge in [0.05, 0.1) is 5.92 Å². The highest BCUT2D eigenvalue weighted by molar-refractivity contribution is 8.00. The molecular formula is C18H22O2S. The Labute approximate surface area is 130 Å². The van der Waals surface area contributed by atoms with Crippen LogP contribution in [0.25, 0.3) is 10.8 Å². The van der Waals surface area contributed by atoms with E-state index in [1.807, 2.05) is 24.3 Å². The van der Waals surface area contributed by atoms with Crippen LogP contribution in [-0.4, -0.2) is 21.6 Å². The van der Waals surface area contributed by atoms with E-state index in [1.54, 1.807) is 11.8 Å². The summed E-state index contributed by atoms with van der Waals surface area (Å²) in [5.41, 5.74) is 1.12. The van der Waals surface area contributed by atoms with Gasteiger partial charge in [-0.05, 0) is 22.8 Å². The molecule has 1 atom stereocenters. The lowest BCUT2D eigenvalue weighted by atomic mass is 9.96. The summed E-state index contributed by atoms with van der Waals surface area (Å²) in [6, 6.07) is 14.3. The number of thioether (sulfide) groups is 1. The molecule has 0 aromatic heterocycles. The molecule has 1 unspecified atom stereocenters. The topological polar surface area (TPSA) is 37.3 Å². The standard InChI is InChI=1S/C18H22O2S/c1-18(2,3)21-12-15(17(19)20)11-14-9-6-8-13-7-4-5-10-16(13)14/h4-10,15H,11-12H2,1-3H3,(H,19,20). The number of aliphatic carboxylic acids is 1. The smallest absolute Gasteiger partial charge is 0.307 e. The van der Waals surface area contributed by atoms with Crippen LogP contribution in [0.5, 0.6) is 0 Å². The number of carbonyl (C=O) groups is 1. The Morgan fingerprint density at radius 3 is 2.48 bits per heavy atom. The molecule has 0 heterocycles. The van der Waals surface area contributed by atoms with Crippen LogP contribution < -0.4 is 0 Å². The van der Waals surface area contributed by atoms with Crippen molar-refractivity contribution in [2.75, 3.05) is 5.75 Å². The van der Waals surface area contributed by atoms with E-state index in [2.05, 4.69) is 39.0 Å². The molecule has 1 N–H and O–H groups in total. The molecule has 2 rings (SSSR count). The third-order valence-electron chi connectivity index (χ3n) is 3.41. The second-order valence-electron chi connectivity index (χ2n) is 6.30. The van der Waals surface area contributed by atoms with Crippen molar-refractivity contribution < 1.29 is 9.90 Å². The predicted octanol–water partition coefficient (Wildman–Crippen LogP) is 4.61. The van der Waals surface area contributed by atoms with Gasteiger partial charge in [-0.1, -0.05) is 63.2 Å². The molecule has 0 aliphatic heterocycles. The van der Waals surface area contributed by atoms with Crippen LogP contribution in [0.1, 0.15) is 26.3 Å². The molecule has 0 radical (unpaired) electrons. The Morgan fingerprint density at radius 2 is 1.81 bits per heavy atom. The van der Waals surface area contributed by atoms with Crippen LogP contribution in [0.3, 0.4) is 0 Å². The first-order valence-corrected chi connectivity index (χ1v) is 8.19. The van der Waals surface area contributed by atoms with Gasteiger partial charge in [0, 0.05) is 10.5 Å². The predicted molar refractivity (Wildman–Crippen MR) is 91.0 cm³/mol. The average molecular weight is 302 g/mol. The van der Waals surface area contributed by atoms with Crippen LogP contribution in [0.15, 0.2) is 42.5 Å². The second kappa shape index (κ2) is 6.52. The van der Waals surface area contributed by atoms with Crippen LogP contribution in [0.4, 0.5) is 0 Å². The third kappa shape index (κ3) is 4.50. The molecule has 0 saturated heterocycles. The highest BCUT2D eigenvalue weighted by atomic mass is 32.2. The van der Waals surface area contributed by atoms with E-state index in [0.717, 1.165) is 10.9 Å². The Hall–Kier alpha value is -1.48. The summed E-state index contributed by atoms with van der Waals surface area (Å²) in [6.07, 6.45) is 0.583. The quantitative estimate of drug-likeness (QED) is 0.876. The molecule has 0 aliphatic rings. The fourth-order valence-electron chi connectivity index (χ4n) is 2.30. The van der Waals surface area contributed by atoms with Gasteiger partial charge in [-0.3, -0.25) is 4.79 Å². The first-order chi connectivity index (χ1) is 9.87. The molecule has 112 valence electrons. The molecule has 0 spiro atoms. The molecular weight excluding hydrogens is 280 g/mol. The summed E-state index contributed by atoms with van der Waals surface area (Å²) in [6.45, 7) is 6.36. The van der Waals surface area contributed by atoms with Crippen molar-refractivity contribution in [2.45, 2.75) is 31.9 Å². The summed E-state index contributed by atoms with van der Waals surface area (Å²) in [5.74, 6) is -0.415. The molecule has 2 aromatic rings. The minimum Gasteiger partial charge on any atom is -0.481 e. The van der Waals surface area contributed by atoms with Crippen molar-refractivity contribution in [2.24, 2.45) is 5.92 Å². The summed E-state index contributed by atoms with van der Waals surface area (Å²) in [4.78, 5) is 11.5. The minimum absolute atomic E-state index is 0.0897. The van der Waals surface area contributed by atoms with Crippen molar-refractivity contribution in [1.29, 1.82) is 0 Å². The number of fused-ring (bicyclic) bond motifs is 1. The Bertz CT molecular complexity index is 623. The van der Waals surface area contributed by atoms with Crippen molar-refractivity contribution >= 4 is 28.5 Å². The Balaban J connectivity index is 2.21. The summed E-state index contributed by atoms with van der Waals surface area (Å²) >= 11 is 1.71. The van der Waals surface area contributed by atoms with Gasteiger partial charge in [0.1, 0.15) is 0 Å². The van der Waals surface area contributed by atoms with Gasteiger partial charge in [-0.25, -0.2) is 0 Å². The van der Waals surface area contributed by atoms with Gasteiger partial charge in [0.15, 0.2) is 0 Å². The maximum atomic E-state index is 11.5. The van der Waals surface area contributed by atoms with Gasteiger partial charge < -0.3 is 5.11 Å². The Kier molecular flexibility index (Phi) is 4.94. The van der Waals surface area contributed by atoms with Crippen LogP contribution >= 0.6 is 11.8 Å². The lowest BCUT2D eigenvalue weighted by Gasteiger charge is -2.21. The highest BCUT2D eigenvalue weighted by Crippen LogP contribution is 2.28. The minimum atomic E-state index is -0.709. The van der Waals surface area contributed by atoms with E-state index in [9.17, 15) is 9.90 Å². The maximum absolute atomic E-state index is 11.5. The molecule has 0 amide bonds. The SMILES string of the molecule is CC(C)(C)SCC(Cc1cccc2ccccc12)C(=O)O. The fourth-order valence-corrected chi connectivity index (χ4v) is 3.27. The zero-order chi connectivity index (χ0) is 15.5. The lowest BCUT2D eigenvalue weighted by molar-refractivity contribution is -0.140. The van der Waals surface area contributed by atoms with E-state index in [0.29, 0.717) is 12.2 Å². The molecule has 0 fully saturated rings. The van der Waals surface area contributed by atoms with Crippen molar-refractivity contribution in [1.82, 2.24) is 0 Å². The zero-order valence-electron chi connectivity index (χ0n) is 12.8. The highest BCUT2D eigenvalue weighted by Gasteiger charge is 2.22. The average Bonchev–Trinajstić information content (AvgIpc) is 2.42. The number of benzene rings is 2. The van der Waals surface area contributed by atoms with E-state index in [1.165, 1.54) is 5.39 Å². The summed E-state index contributed by atoms with van der Waals surface area (Å²) < 4.78 is 0.0897. The molecule has 2 aromatic carbocycles. The van der Waals surface area contributed by atoms with Gasteiger partial charge in [-0.15, -0.1) is 0 Å². The third-order valence-corrected chi connectivity index (χ3v) is 4.85. The van der Waals surface area contributed by atoms with E-state index in [-0.39, 0.29) is 10.7 Å². The summed E-state index contributed by atoms with van der Waals surface area (Å²) in [5, 5.41) is 11.8. The van der Waals surface area contributed by atoms with Gasteiger partial charge in [-0.2, -0.15) is 11.8 Å². The number of carboxylic acid groups (broad SMARTS) is 1. The maximum Gasteiger partial charge on any atom is 0.307 e. The van der Waals surface area contributed by atoms with Crippen molar-refractivity contribution in [3.8, 4) is 0 Å². The van der Waals surface area contributed by atoms with Crippen LogP contribution in [0.2, 0.25) is 0 Å². The summed E-state index contributed by atoms with van der Waals surface area (Å²) in [7, 11) is 0. The second-order valence-corrected chi connectivity index (χ2v) is 8.15. The normalized spacial score (nSPS) is 13.3. The Morgan fingerprint density at radius 1 is 1.14 bits per heavy atom. The van der Waals surface area contributed by atoms with Crippen LogP contribution in [0, 0.1) is 5.92 Å². The van der Waals surface area contributed by atoms with Crippen LogP contribution in [-0.2, 0) is 11.2 Å². The van der Waals surface area contributed by atoms with Crippen molar-refractivity contribution in [3.63, 3.8) is 0 Å². The first-order valence-electron chi connectivity index (χ1n) is 7.20. The van der Waals surface area contributed by atoms with Gasteiger partial charge in [0.2, 0.25) is 0 Å². The molecule has 0 bridgehead atoms.